The molecule has 1 amide bonds. The summed E-state index contributed by atoms with van der Waals surface area (Å²) < 4.78 is 23.4. The van der Waals surface area contributed by atoms with Crippen molar-refractivity contribution in [2.45, 2.75) is 0 Å². The monoisotopic (exact) mass is 368 g/mol. The van der Waals surface area contributed by atoms with E-state index >= 15 is 0 Å². The van der Waals surface area contributed by atoms with Gasteiger partial charge in [-0.05, 0) is 48.5 Å². The fourth-order valence-corrected chi connectivity index (χ4v) is 2.37. The number of nitrogens with zero attached hydrogens (tertiary/aromatic N) is 2. The van der Waals surface area contributed by atoms with Gasteiger partial charge in [-0.15, -0.1) is 0 Å². The molecule has 0 unspecified atom stereocenters. The van der Waals surface area contributed by atoms with Crippen LogP contribution < -0.4 is 14.9 Å². The number of rotatable bonds is 6. The van der Waals surface area contributed by atoms with Crippen LogP contribution in [0.2, 0.25) is 0 Å². The van der Waals surface area contributed by atoms with Crippen LogP contribution >= 0.6 is 0 Å². The SMILES string of the molecule is COc1ccc(OC)c(/C=N/NC(=O)c2cc(-c3ccc(F)cc3)n[nH]2)c1. The highest BCUT2D eigenvalue weighted by Gasteiger charge is 2.10. The van der Waals surface area contributed by atoms with Gasteiger partial charge in [0.2, 0.25) is 0 Å². The number of hydrazone groups is 1. The summed E-state index contributed by atoms with van der Waals surface area (Å²) >= 11 is 0. The van der Waals surface area contributed by atoms with Crippen molar-refractivity contribution < 1.29 is 18.7 Å². The zero-order valence-corrected chi connectivity index (χ0v) is 14.7. The summed E-state index contributed by atoms with van der Waals surface area (Å²) in [6.45, 7) is 0. The number of benzene rings is 2. The summed E-state index contributed by atoms with van der Waals surface area (Å²) in [7, 11) is 3.10. The summed E-state index contributed by atoms with van der Waals surface area (Å²) in [5.74, 6) is 0.429. The van der Waals surface area contributed by atoms with Gasteiger partial charge in [-0.3, -0.25) is 9.89 Å². The number of hydrogen-bond acceptors (Lipinski definition) is 5. The van der Waals surface area contributed by atoms with Crippen molar-refractivity contribution in [3.63, 3.8) is 0 Å². The van der Waals surface area contributed by atoms with E-state index in [1.165, 1.54) is 18.3 Å². The first-order chi connectivity index (χ1) is 13.1. The molecule has 138 valence electrons. The minimum absolute atomic E-state index is 0.226. The quantitative estimate of drug-likeness (QED) is 0.517. The van der Waals surface area contributed by atoms with Gasteiger partial charge >= 0.3 is 0 Å². The number of amides is 1. The molecule has 0 aliphatic carbocycles. The highest BCUT2D eigenvalue weighted by Crippen LogP contribution is 2.22. The Bertz CT molecular complexity index is 967. The topological polar surface area (TPSA) is 88.6 Å². The summed E-state index contributed by atoms with van der Waals surface area (Å²) in [4.78, 5) is 12.2. The Kier molecular flexibility index (Phi) is 5.46. The van der Waals surface area contributed by atoms with Crippen molar-refractivity contribution in [3.8, 4) is 22.8 Å². The Morgan fingerprint density at radius 1 is 1.15 bits per heavy atom. The van der Waals surface area contributed by atoms with Crippen LogP contribution in [0.3, 0.4) is 0 Å². The number of nitrogens with one attached hydrogen (secondary N) is 2. The van der Waals surface area contributed by atoms with E-state index in [-0.39, 0.29) is 11.5 Å². The molecule has 1 heterocycles. The molecule has 0 radical (unpaired) electrons. The van der Waals surface area contributed by atoms with Crippen LogP contribution in [0.4, 0.5) is 4.39 Å². The molecule has 7 nitrogen and oxygen atoms in total. The molecule has 3 aromatic rings. The number of H-pyrrole nitrogens is 1. The second-order valence-corrected chi connectivity index (χ2v) is 5.48. The van der Waals surface area contributed by atoms with Gasteiger partial charge in [-0.1, -0.05) is 0 Å². The fourth-order valence-electron chi connectivity index (χ4n) is 2.37. The van der Waals surface area contributed by atoms with Crippen LogP contribution in [0.25, 0.3) is 11.3 Å². The Morgan fingerprint density at radius 2 is 1.93 bits per heavy atom. The summed E-state index contributed by atoms with van der Waals surface area (Å²) in [6, 6.07) is 12.6. The normalized spacial score (nSPS) is 10.8. The van der Waals surface area contributed by atoms with Crippen molar-refractivity contribution in [2.75, 3.05) is 14.2 Å². The highest BCUT2D eigenvalue weighted by molar-refractivity contribution is 5.94. The number of aromatic amines is 1. The highest BCUT2D eigenvalue weighted by atomic mass is 19.1. The van der Waals surface area contributed by atoms with E-state index in [9.17, 15) is 9.18 Å². The van der Waals surface area contributed by atoms with Gasteiger partial charge in [0.1, 0.15) is 23.0 Å². The summed E-state index contributed by atoms with van der Waals surface area (Å²) in [5.41, 5.74) is 4.50. The molecular formula is C19H17FN4O3. The van der Waals surface area contributed by atoms with Crippen molar-refractivity contribution in [1.29, 1.82) is 0 Å². The maximum absolute atomic E-state index is 13.0. The van der Waals surface area contributed by atoms with Gasteiger partial charge in [0.25, 0.3) is 5.91 Å². The summed E-state index contributed by atoms with van der Waals surface area (Å²) in [5, 5.41) is 10.6. The minimum atomic E-state index is -0.464. The molecule has 0 saturated heterocycles. The van der Waals surface area contributed by atoms with Gasteiger partial charge < -0.3 is 9.47 Å². The lowest BCUT2D eigenvalue weighted by Crippen LogP contribution is -2.18. The van der Waals surface area contributed by atoms with Crippen LogP contribution in [-0.4, -0.2) is 36.5 Å². The number of carbonyl (C=O) groups excluding carboxylic acids is 1. The van der Waals surface area contributed by atoms with E-state index in [1.807, 2.05) is 0 Å². The zero-order valence-electron chi connectivity index (χ0n) is 14.7. The molecule has 0 atom stereocenters. The standard InChI is InChI=1S/C19H17FN4O3/c1-26-15-7-8-18(27-2)13(9-15)11-21-24-19(25)17-10-16(22-23-17)12-3-5-14(20)6-4-12/h3-11H,1-2H3,(H,22,23)(H,24,25)/b21-11+. The van der Waals surface area contributed by atoms with Crippen molar-refractivity contribution in [1.82, 2.24) is 15.6 Å². The maximum Gasteiger partial charge on any atom is 0.289 e. The van der Waals surface area contributed by atoms with Crippen LogP contribution in [0, 0.1) is 5.82 Å². The smallest absolute Gasteiger partial charge is 0.289 e. The Hall–Kier alpha value is -3.68. The lowest BCUT2D eigenvalue weighted by atomic mass is 10.1. The molecule has 0 spiro atoms. The van der Waals surface area contributed by atoms with E-state index in [0.29, 0.717) is 28.3 Å². The largest absolute Gasteiger partial charge is 0.497 e. The van der Waals surface area contributed by atoms with E-state index in [0.717, 1.165) is 0 Å². The number of ether oxygens (including phenoxy) is 2. The van der Waals surface area contributed by atoms with E-state index < -0.39 is 5.91 Å². The zero-order chi connectivity index (χ0) is 19.2. The van der Waals surface area contributed by atoms with E-state index in [2.05, 4.69) is 20.7 Å². The minimum Gasteiger partial charge on any atom is -0.497 e. The molecule has 2 aromatic carbocycles. The molecule has 27 heavy (non-hydrogen) atoms. The van der Waals surface area contributed by atoms with Gasteiger partial charge in [0.05, 0.1) is 26.1 Å². The third-order valence-corrected chi connectivity index (χ3v) is 3.77. The molecule has 8 heteroatoms. The molecule has 3 rings (SSSR count). The first kappa shape index (κ1) is 18.1. The Balaban J connectivity index is 1.69. The predicted molar refractivity (Wildman–Crippen MR) is 98.6 cm³/mol. The number of methoxy groups -OCH3 is 2. The second kappa shape index (κ2) is 8.13. The lowest BCUT2D eigenvalue weighted by Gasteiger charge is -2.06. The molecule has 0 bridgehead atoms. The van der Waals surface area contributed by atoms with Gasteiger partial charge in [0, 0.05) is 11.1 Å². The second-order valence-electron chi connectivity index (χ2n) is 5.48. The van der Waals surface area contributed by atoms with Gasteiger partial charge in [-0.25, -0.2) is 9.82 Å². The molecular weight excluding hydrogens is 351 g/mol. The maximum atomic E-state index is 13.0. The molecule has 1 aromatic heterocycles. The van der Waals surface area contributed by atoms with Crippen LogP contribution in [0.1, 0.15) is 16.1 Å². The third kappa shape index (κ3) is 4.30. The molecule has 0 fully saturated rings. The first-order valence-corrected chi connectivity index (χ1v) is 7.97. The van der Waals surface area contributed by atoms with Crippen molar-refractivity contribution in [3.05, 3.63) is 65.6 Å². The molecule has 0 aliphatic heterocycles. The van der Waals surface area contributed by atoms with Gasteiger partial charge in [0.15, 0.2) is 0 Å². The average molecular weight is 368 g/mol. The van der Waals surface area contributed by atoms with Crippen LogP contribution in [0.15, 0.2) is 53.6 Å². The number of hydrogen-bond donors (Lipinski definition) is 2. The Labute approximate surface area is 154 Å². The van der Waals surface area contributed by atoms with Crippen molar-refractivity contribution >= 4 is 12.1 Å². The molecule has 0 saturated carbocycles. The lowest BCUT2D eigenvalue weighted by molar-refractivity contribution is 0.0950. The van der Waals surface area contributed by atoms with Crippen molar-refractivity contribution in [2.24, 2.45) is 5.10 Å². The van der Waals surface area contributed by atoms with Gasteiger partial charge in [-0.2, -0.15) is 10.2 Å². The van der Waals surface area contributed by atoms with Crippen LogP contribution in [-0.2, 0) is 0 Å². The number of aromatic nitrogens is 2. The molecule has 2 N–H and O–H groups in total. The van der Waals surface area contributed by atoms with E-state index in [4.69, 9.17) is 9.47 Å². The summed E-state index contributed by atoms with van der Waals surface area (Å²) in [6.07, 6.45) is 1.45. The first-order valence-electron chi connectivity index (χ1n) is 7.97. The molecule has 0 aliphatic rings. The number of halogens is 1. The van der Waals surface area contributed by atoms with Crippen LogP contribution in [0.5, 0.6) is 11.5 Å². The van der Waals surface area contributed by atoms with E-state index in [1.54, 1.807) is 50.6 Å². The predicted octanol–water partition coefficient (Wildman–Crippen LogP) is 3.00. The fraction of sp³-hybridized carbons (Fsp3) is 0.105. The average Bonchev–Trinajstić information content (AvgIpc) is 3.18. The number of carbonyl (C=O) groups is 1. The Morgan fingerprint density at radius 3 is 2.63 bits per heavy atom. The third-order valence-electron chi connectivity index (χ3n) is 3.77.